The summed E-state index contributed by atoms with van der Waals surface area (Å²) >= 11 is 13.1. The van der Waals surface area contributed by atoms with Crippen molar-refractivity contribution < 1.29 is 18.4 Å². The SMILES string of the molecule is O=C1[C@@H]([C@H]2SC(=S)N(Cc3ccco3)C2=O)SC(=S)N1Cc1ccco1. The predicted molar refractivity (Wildman–Crippen MR) is 106 cm³/mol. The molecule has 0 N–H and O–H groups in total. The van der Waals surface area contributed by atoms with Crippen LogP contribution in [0.4, 0.5) is 0 Å². The molecule has 2 saturated heterocycles. The highest BCUT2D eigenvalue weighted by Gasteiger charge is 2.50. The number of hydrogen-bond donors (Lipinski definition) is 0. The lowest BCUT2D eigenvalue weighted by Crippen LogP contribution is -2.40. The zero-order chi connectivity index (χ0) is 18.3. The Hall–Kier alpha value is -1.62. The Morgan fingerprint density at radius 3 is 1.62 bits per heavy atom. The van der Waals surface area contributed by atoms with Crippen molar-refractivity contribution in [3.63, 3.8) is 0 Å². The fourth-order valence-corrected chi connectivity index (χ4v) is 5.92. The first-order valence-electron chi connectivity index (χ1n) is 7.63. The van der Waals surface area contributed by atoms with Gasteiger partial charge in [0.25, 0.3) is 0 Å². The zero-order valence-corrected chi connectivity index (χ0v) is 16.5. The van der Waals surface area contributed by atoms with Crippen LogP contribution in [0.15, 0.2) is 45.6 Å². The van der Waals surface area contributed by atoms with Gasteiger partial charge < -0.3 is 8.83 Å². The second-order valence-corrected chi connectivity index (χ2v) is 9.17. The molecule has 6 nitrogen and oxygen atoms in total. The van der Waals surface area contributed by atoms with Gasteiger partial charge in [-0.3, -0.25) is 19.4 Å². The summed E-state index contributed by atoms with van der Waals surface area (Å²) in [4.78, 5) is 28.6. The molecule has 2 aromatic heterocycles. The third kappa shape index (κ3) is 3.22. The number of hydrogen-bond acceptors (Lipinski definition) is 8. The second-order valence-electron chi connectivity index (χ2n) is 5.62. The van der Waals surface area contributed by atoms with Gasteiger partial charge in [-0.05, 0) is 24.3 Å². The van der Waals surface area contributed by atoms with Crippen molar-refractivity contribution in [2.75, 3.05) is 0 Å². The maximum absolute atomic E-state index is 12.8. The summed E-state index contributed by atoms with van der Waals surface area (Å²) in [5.41, 5.74) is 0. The van der Waals surface area contributed by atoms with Crippen LogP contribution in [-0.2, 0) is 22.7 Å². The molecule has 0 bridgehead atoms. The van der Waals surface area contributed by atoms with Gasteiger partial charge in [-0.25, -0.2) is 0 Å². The van der Waals surface area contributed by atoms with Gasteiger partial charge in [0.2, 0.25) is 11.8 Å². The minimum absolute atomic E-state index is 0.190. The van der Waals surface area contributed by atoms with Crippen molar-refractivity contribution in [1.82, 2.24) is 9.80 Å². The monoisotopic (exact) mass is 424 g/mol. The van der Waals surface area contributed by atoms with Gasteiger partial charge in [-0.15, -0.1) is 0 Å². The van der Waals surface area contributed by atoms with Crippen LogP contribution in [0.25, 0.3) is 0 Å². The molecule has 4 rings (SSSR count). The highest BCUT2D eigenvalue weighted by molar-refractivity contribution is 8.27. The average molecular weight is 425 g/mol. The van der Waals surface area contributed by atoms with Crippen LogP contribution in [0, 0.1) is 0 Å². The summed E-state index contributed by atoms with van der Waals surface area (Å²) in [6.07, 6.45) is 3.09. The van der Waals surface area contributed by atoms with Crippen molar-refractivity contribution >= 4 is 68.4 Å². The smallest absolute Gasteiger partial charge is 0.243 e. The van der Waals surface area contributed by atoms with Crippen molar-refractivity contribution in [2.24, 2.45) is 0 Å². The van der Waals surface area contributed by atoms with E-state index >= 15 is 0 Å². The highest BCUT2D eigenvalue weighted by Crippen LogP contribution is 2.40. The molecule has 26 heavy (non-hydrogen) atoms. The molecule has 0 aliphatic carbocycles. The van der Waals surface area contributed by atoms with Crippen LogP contribution >= 0.6 is 48.0 Å². The second kappa shape index (κ2) is 7.18. The number of carbonyl (C=O) groups is 2. The number of furan rings is 2. The van der Waals surface area contributed by atoms with E-state index in [9.17, 15) is 9.59 Å². The normalized spacial score (nSPS) is 23.5. The van der Waals surface area contributed by atoms with E-state index in [-0.39, 0.29) is 24.9 Å². The minimum atomic E-state index is -0.588. The molecule has 0 radical (unpaired) electrons. The van der Waals surface area contributed by atoms with Gasteiger partial charge in [-0.2, -0.15) is 0 Å². The van der Waals surface area contributed by atoms with Crippen LogP contribution in [0.5, 0.6) is 0 Å². The Kier molecular flexibility index (Phi) is 4.91. The summed E-state index contributed by atoms with van der Waals surface area (Å²) < 4.78 is 11.5. The fraction of sp³-hybridized carbons (Fsp3) is 0.250. The summed E-state index contributed by atoms with van der Waals surface area (Å²) in [6.45, 7) is 0.528. The molecule has 10 heteroatoms. The molecular weight excluding hydrogens is 412 g/mol. The molecule has 2 aliphatic rings. The van der Waals surface area contributed by atoms with Gasteiger partial charge in [0.1, 0.15) is 30.7 Å². The first kappa shape index (κ1) is 17.8. The van der Waals surface area contributed by atoms with E-state index in [2.05, 4.69) is 0 Å². The number of rotatable bonds is 5. The number of carbonyl (C=O) groups excluding carboxylic acids is 2. The van der Waals surface area contributed by atoms with E-state index in [1.807, 2.05) is 0 Å². The van der Waals surface area contributed by atoms with Crippen LogP contribution in [0.3, 0.4) is 0 Å². The van der Waals surface area contributed by atoms with E-state index in [1.165, 1.54) is 33.3 Å². The Bertz CT molecular complexity index is 793. The van der Waals surface area contributed by atoms with Crippen molar-refractivity contribution in [3.8, 4) is 0 Å². The van der Waals surface area contributed by atoms with E-state index in [4.69, 9.17) is 33.3 Å². The summed E-state index contributed by atoms with van der Waals surface area (Å²) in [6, 6.07) is 7.07. The number of thioether (sulfide) groups is 2. The standard InChI is InChI=1S/C16H12N2O4S4/c19-13-11(25-15(23)17(13)7-9-3-1-5-21-9)12-14(20)18(16(24)26-12)8-10-4-2-6-22-10/h1-6,11-12H,7-8H2/t11-,12-/m1/s1. The Balaban J connectivity index is 1.49. The third-order valence-corrected chi connectivity index (χ3v) is 7.47. The largest absolute Gasteiger partial charge is 0.467 e. The number of amides is 2. The molecule has 4 heterocycles. The van der Waals surface area contributed by atoms with Crippen LogP contribution in [-0.4, -0.2) is 40.8 Å². The Labute approximate surface area is 168 Å². The lowest BCUT2D eigenvalue weighted by molar-refractivity contribution is -0.131. The molecule has 2 aromatic rings. The van der Waals surface area contributed by atoms with Gasteiger partial charge in [0.15, 0.2) is 0 Å². The van der Waals surface area contributed by atoms with Gasteiger partial charge in [0, 0.05) is 0 Å². The van der Waals surface area contributed by atoms with Crippen molar-refractivity contribution in [1.29, 1.82) is 0 Å². The molecule has 0 aromatic carbocycles. The molecular formula is C16H12N2O4S4. The van der Waals surface area contributed by atoms with Crippen molar-refractivity contribution in [3.05, 3.63) is 48.3 Å². The van der Waals surface area contributed by atoms with Gasteiger partial charge in [-0.1, -0.05) is 48.0 Å². The summed E-state index contributed by atoms with van der Waals surface area (Å²) in [7, 11) is 0. The molecule has 2 aliphatic heterocycles. The topological polar surface area (TPSA) is 66.9 Å². The van der Waals surface area contributed by atoms with E-state index in [1.54, 1.807) is 36.8 Å². The van der Waals surface area contributed by atoms with E-state index < -0.39 is 10.5 Å². The number of nitrogens with zero attached hydrogens (tertiary/aromatic N) is 2. The van der Waals surface area contributed by atoms with Crippen LogP contribution < -0.4 is 0 Å². The summed E-state index contributed by atoms with van der Waals surface area (Å²) in [5, 5.41) is -1.18. The Morgan fingerprint density at radius 2 is 1.27 bits per heavy atom. The highest BCUT2D eigenvalue weighted by atomic mass is 32.2. The van der Waals surface area contributed by atoms with Gasteiger partial charge >= 0.3 is 0 Å². The molecule has 134 valence electrons. The van der Waals surface area contributed by atoms with Gasteiger partial charge in [0.05, 0.1) is 25.6 Å². The third-order valence-electron chi connectivity index (χ3n) is 3.98. The number of thiocarbonyl (C=S) groups is 2. The molecule has 2 fully saturated rings. The molecule has 0 spiro atoms. The predicted octanol–water partition coefficient (Wildman–Crippen LogP) is 3.03. The first-order chi connectivity index (χ1) is 12.5. The molecule has 2 atom stereocenters. The van der Waals surface area contributed by atoms with E-state index in [0.717, 1.165) is 0 Å². The lowest BCUT2D eigenvalue weighted by Gasteiger charge is -2.16. The lowest BCUT2D eigenvalue weighted by atomic mass is 10.2. The quantitative estimate of drug-likeness (QED) is 0.679. The van der Waals surface area contributed by atoms with Crippen LogP contribution in [0.2, 0.25) is 0 Å². The fourth-order valence-electron chi connectivity index (χ4n) is 2.72. The Morgan fingerprint density at radius 1 is 0.846 bits per heavy atom. The zero-order valence-electron chi connectivity index (χ0n) is 13.2. The van der Waals surface area contributed by atoms with Crippen LogP contribution in [0.1, 0.15) is 11.5 Å². The minimum Gasteiger partial charge on any atom is -0.467 e. The van der Waals surface area contributed by atoms with E-state index in [0.29, 0.717) is 20.2 Å². The molecule has 2 amide bonds. The first-order valence-corrected chi connectivity index (χ1v) is 10.2. The van der Waals surface area contributed by atoms with Crippen molar-refractivity contribution in [2.45, 2.75) is 23.6 Å². The molecule has 0 unspecified atom stereocenters. The maximum Gasteiger partial charge on any atom is 0.243 e. The molecule has 0 saturated carbocycles. The summed E-state index contributed by atoms with van der Waals surface area (Å²) in [5.74, 6) is 0.902. The average Bonchev–Trinajstić information content (AvgIpc) is 3.39. The maximum atomic E-state index is 12.8.